The summed E-state index contributed by atoms with van der Waals surface area (Å²) in [5.41, 5.74) is 1.70. The van der Waals surface area contributed by atoms with E-state index in [1.807, 2.05) is 11.8 Å². The lowest BCUT2D eigenvalue weighted by Gasteiger charge is -2.47. The van der Waals surface area contributed by atoms with Crippen LogP contribution in [0.5, 0.6) is 0 Å². The first-order valence-corrected chi connectivity index (χ1v) is 10.0. The van der Waals surface area contributed by atoms with Crippen LogP contribution in [-0.2, 0) is 17.9 Å². The predicted molar refractivity (Wildman–Crippen MR) is 104 cm³/mol. The van der Waals surface area contributed by atoms with Crippen molar-refractivity contribution < 1.29 is 19.1 Å². The predicted octanol–water partition coefficient (Wildman–Crippen LogP) is 1.92. The number of aryl methyl sites for hydroxylation is 1. The van der Waals surface area contributed by atoms with Gasteiger partial charge in [-0.15, -0.1) is 0 Å². The van der Waals surface area contributed by atoms with Crippen molar-refractivity contribution in [2.24, 2.45) is 5.41 Å². The van der Waals surface area contributed by atoms with Crippen molar-refractivity contribution >= 4 is 11.8 Å². The number of rotatable bonds is 4. The largest absolute Gasteiger partial charge is 0.453 e. The Morgan fingerprint density at radius 3 is 2.66 bits per heavy atom. The second-order valence-corrected chi connectivity index (χ2v) is 8.12. The standard InChI is InChI=1S/C21H26N4O4/c1-15-10-23-16(11-22-15)12-25-14-21(5-4-19(25)27)6-8-24(9-7-21)20(28)18-3-2-17(13-26)29-18/h2-3,10-11,26H,4-9,12-14H2,1H3. The molecule has 2 aromatic rings. The molecule has 1 spiro atoms. The van der Waals surface area contributed by atoms with Gasteiger partial charge in [0.25, 0.3) is 5.91 Å². The molecule has 8 heteroatoms. The Labute approximate surface area is 169 Å². The first kappa shape index (κ1) is 19.6. The molecule has 1 N–H and O–H groups in total. The maximum Gasteiger partial charge on any atom is 0.289 e. The molecular formula is C21H26N4O4. The fourth-order valence-corrected chi connectivity index (χ4v) is 4.27. The topological polar surface area (TPSA) is 99.8 Å². The van der Waals surface area contributed by atoms with Gasteiger partial charge in [-0.05, 0) is 43.7 Å². The molecule has 2 aliphatic rings. The Bertz CT molecular complexity index is 884. The highest BCUT2D eigenvalue weighted by Gasteiger charge is 2.42. The number of aliphatic hydroxyl groups excluding tert-OH is 1. The summed E-state index contributed by atoms with van der Waals surface area (Å²) in [6.45, 7) is 4.12. The number of aromatic nitrogens is 2. The minimum atomic E-state index is -0.217. The summed E-state index contributed by atoms with van der Waals surface area (Å²) < 4.78 is 5.38. The van der Waals surface area contributed by atoms with Crippen molar-refractivity contribution in [3.05, 3.63) is 47.4 Å². The van der Waals surface area contributed by atoms with Gasteiger partial charge in [-0.3, -0.25) is 19.6 Å². The van der Waals surface area contributed by atoms with Crippen molar-refractivity contribution in [1.82, 2.24) is 19.8 Å². The molecule has 8 nitrogen and oxygen atoms in total. The number of likely N-dealkylation sites (tertiary alicyclic amines) is 2. The lowest BCUT2D eigenvalue weighted by Crippen LogP contribution is -2.52. The Morgan fingerprint density at radius 2 is 2.00 bits per heavy atom. The van der Waals surface area contributed by atoms with Crippen molar-refractivity contribution in [3.8, 4) is 0 Å². The Morgan fingerprint density at radius 1 is 1.21 bits per heavy atom. The summed E-state index contributed by atoms with van der Waals surface area (Å²) >= 11 is 0. The lowest BCUT2D eigenvalue weighted by molar-refractivity contribution is -0.139. The number of nitrogens with zero attached hydrogens (tertiary/aromatic N) is 4. The van der Waals surface area contributed by atoms with E-state index in [0.717, 1.165) is 30.7 Å². The monoisotopic (exact) mass is 398 g/mol. The van der Waals surface area contributed by atoms with Gasteiger partial charge in [-0.2, -0.15) is 0 Å². The van der Waals surface area contributed by atoms with E-state index < -0.39 is 0 Å². The molecule has 0 aromatic carbocycles. The molecule has 0 unspecified atom stereocenters. The van der Waals surface area contributed by atoms with Crippen LogP contribution in [0.15, 0.2) is 28.9 Å². The van der Waals surface area contributed by atoms with Gasteiger partial charge in [0.2, 0.25) is 5.91 Å². The van der Waals surface area contributed by atoms with Crippen LogP contribution in [-0.4, -0.2) is 56.3 Å². The van der Waals surface area contributed by atoms with Crippen molar-refractivity contribution in [3.63, 3.8) is 0 Å². The van der Waals surface area contributed by atoms with Crippen LogP contribution in [0.25, 0.3) is 0 Å². The Hall–Kier alpha value is -2.74. The van der Waals surface area contributed by atoms with Gasteiger partial charge in [-0.1, -0.05) is 0 Å². The van der Waals surface area contributed by atoms with E-state index in [4.69, 9.17) is 9.52 Å². The van der Waals surface area contributed by atoms with Gasteiger partial charge in [0.05, 0.1) is 24.1 Å². The van der Waals surface area contributed by atoms with E-state index in [1.54, 1.807) is 29.4 Å². The third kappa shape index (κ3) is 4.17. The van der Waals surface area contributed by atoms with Gasteiger partial charge in [0, 0.05) is 32.3 Å². The summed E-state index contributed by atoms with van der Waals surface area (Å²) in [5.74, 6) is 0.674. The minimum absolute atomic E-state index is 0.0439. The zero-order valence-electron chi connectivity index (χ0n) is 16.6. The smallest absolute Gasteiger partial charge is 0.289 e. The molecule has 2 aromatic heterocycles. The van der Waals surface area contributed by atoms with Crippen LogP contribution in [0.3, 0.4) is 0 Å². The van der Waals surface area contributed by atoms with Gasteiger partial charge < -0.3 is 19.3 Å². The van der Waals surface area contributed by atoms with E-state index in [2.05, 4.69) is 9.97 Å². The molecule has 0 atom stereocenters. The maximum absolute atomic E-state index is 12.7. The number of amides is 2. The number of hydrogen-bond acceptors (Lipinski definition) is 6. The summed E-state index contributed by atoms with van der Waals surface area (Å²) in [6.07, 6.45) is 6.56. The van der Waals surface area contributed by atoms with E-state index in [9.17, 15) is 9.59 Å². The quantitative estimate of drug-likeness (QED) is 0.845. The lowest BCUT2D eigenvalue weighted by atomic mass is 9.72. The van der Waals surface area contributed by atoms with Crippen LogP contribution in [0.2, 0.25) is 0 Å². The highest BCUT2D eigenvalue weighted by atomic mass is 16.4. The molecule has 0 saturated carbocycles. The molecule has 154 valence electrons. The minimum Gasteiger partial charge on any atom is -0.453 e. The normalized spacial score (nSPS) is 19.0. The molecule has 29 heavy (non-hydrogen) atoms. The van der Waals surface area contributed by atoms with Crippen molar-refractivity contribution in [2.45, 2.75) is 45.8 Å². The fraction of sp³-hybridized carbons (Fsp3) is 0.524. The first-order chi connectivity index (χ1) is 14.0. The molecule has 0 radical (unpaired) electrons. The summed E-state index contributed by atoms with van der Waals surface area (Å²) in [7, 11) is 0. The second-order valence-electron chi connectivity index (χ2n) is 8.12. The molecule has 4 heterocycles. The summed E-state index contributed by atoms with van der Waals surface area (Å²) in [4.78, 5) is 37.5. The van der Waals surface area contributed by atoms with Gasteiger partial charge in [-0.25, -0.2) is 0 Å². The number of furan rings is 1. The molecule has 0 bridgehead atoms. The summed E-state index contributed by atoms with van der Waals surface area (Å²) in [5, 5.41) is 9.12. The molecule has 2 aliphatic heterocycles. The van der Waals surface area contributed by atoms with Gasteiger partial charge in [0.15, 0.2) is 5.76 Å². The van der Waals surface area contributed by atoms with Crippen molar-refractivity contribution in [2.75, 3.05) is 19.6 Å². The zero-order valence-corrected chi connectivity index (χ0v) is 16.6. The molecule has 2 amide bonds. The molecule has 2 fully saturated rings. The Kier molecular flexibility index (Phi) is 5.36. The highest BCUT2D eigenvalue weighted by Crippen LogP contribution is 2.40. The third-order valence-electron chi connectivity index (χ3n) is 6.08. The number of carbonyl (C=O) groups is 2. The van der Waals surface area contributed by atoms with Crippen LogP contribution < -0.4 is 0 Å². The average molecular weight is 398 g/mol. The SMILES string of the molecule is Cc1cnc(CN2CC3(CCC2=O)CCN(C(=O)c2ccc(CO)o2)CC3)cn1. The van der Waals surface area contributed by atoms with E-state index in [0.29, 0.717) is 38.4 Å². The number of piperidine rings is 2. The number of aliphatic hydroxyl groups is 1. The second kappa shape index (κ2) is 7.94. The van der Waals surface area contributed by atoms with E-state index in [-0.39, 0.29) is 29.6 Å². The van der Waals surface area contributed by atoms with Gasteiger partial charge in [0.1, 0.15) is 12.4 Å². The molecule has 0 aliphatic carbocycles. The average Bonchev–Trinajstić information content (AvgIpc) is 3.22. The van der Waals surface area contributed by atoms with E-state index >= 15 is 0 Å². The fourth-order valence-electron chi connectivity index (χ4n) is 4.27. The molecule has 2 saturated heterocycles. The van der Waals surface area contributed by atoms with Gasteiger partial charge >= 0.3 is 0 Å². The highest BCUT2D eigenvalue weighted by molar-refractivity contribution is 5.91. The van der Waals surface area contributed by atoms with Crippen LogP contribution in [0.1, 0.15) is 53.4 Å². The van der Waals surface area contributed by atoms with Crippen LogP contribution in [0, 0.1) is 12.3 Å². The maximum atomic E-state index is 12.7. The first-order valence-electron chi connectivity index (χ1n) is 10.0. The zero-order chi connectivity index (χ0) is 20.4. The molecular weight excluding hydrogens is 372 g/mol. The third-order valence-corrected chi connectivity index (χ3v) is 6.08. The number of hydrogen-bond donors (Lipinski definition) is 1. The number of carbonyl (C=O) groups excluding carboxylic acids is 2. The summed E-state index contributed by atoms with van der Waals surface area (Å²) in [6, 6.07) is 3.24. The van der Waals surface area contributed by atoms with E-state index in [1.165, 1.54) is 0 Å². The Balaban J connectivity index is 1.38. The van der Waals surface area contributed by atoms with Crippen LogP contribution >= 0.6 is 0 Å². The van der Waals surface area contributed by atoms with Crippen molar-refractivity contribution in [1.29, 1.82) is 0 Å². The molecule has 4 rings (SSSR count). The van der Waals surface area contributed by atoms with Crippen LogP contribution in [0.4, 0.5) is 0 Å².